The third-order valence-electron chi connectivity index (χ3n) is 5.85. The molecule has 5 heteroatoms. The number of aryl methyl sites for hydroxylation is 2. The van der Waals surface area contributed by atoms with Crippen LogP contribution in [0.5, 0.6) is 5.75 Å². The van der Waals surface area contributed by atoms with Gasteiger partial charge in [-0.1, -0.05) is 18.2 Å². The number of anilines is 1. The zero-order chi connectivity index (χ0) is 20.4. The van der Waals surface area contributed by atoms with Gasteiger partial charge in [-0.15, -0.1) is 0 Å². The minimum absolute atomic E-state index is 0.0381. The maximum Gasteiger partial charge on any atom is 0.279 e. The minimum Gasteiger partial charge on any atom is -0.497 e. The molecule has 4 rings (SSSR count). The highest BCUT2D eigenvalue weighted by atomic mass is 16.5. The molecule has 5 nitrogen and oxygen atoms in total. The lowest BCUT2D eigenvalue weighted by molar-refractivity contribution is -0.922. The first kappa shape index (κ1) is 19.3. The van der Waals surface area contributed by atoms with Gasteiger partial charge in [0, 0.05) is 17.4 Å². The van der Waals surface area contributed by atoms with Crippen molar-refractivity contribution >= 4 is 11.6 Å². The van der Waals surface area contributed by atoms with Crippen LogP contribution in [0.4, 0.5) is 5.69 Å². The Morgan fingerprint density at radius 3 is 2.79 bits per heavy atom. The van der Waals surface area contributed by atoms with Crippen molar-refractivity contribution in [3.8, 4) is 5.75 Å². The summed E-state index contributed by atoms with van der Waals surface area (Å²) in [5, 5.41) is 3.08. The van der Waals surface area contributed by atoms with Crippen LogP contribution in [0.15, 0.2) is 60.8 Å². The van der Waals surface area contributed by atoms with Crippen LogP contribution in [-0.4, -0.2) is 30.7 Å². The molecule has 0 radical (unpaired) electrons. The molecule has 2 N–H and O–H groups in total. The molecule has 1 aliphatic heterocycles. The number of carbonyl (C=O) groups is 1. The summed E-state index contributed by atoms with van der Waals surface area (Å²) in [5.74, 6) is 0.876. The van der Waals surface area contributed by atoms with Crippen LogP contribution in [0.2, 0.25) is 0 Å². The summed E-state index contributed by atoms with van der Waals surface area (Å²) in [6.07, 6.45) is 2.12. The predicted molar refractivity (Wildman–Crippen MR) is 115 cm³/mol. The van der Waals surface area contributed by atoms with Crippen LogP contribution in [-0.2, 0) is 11.3 Å². The van der Waals surface area contributed by atoms with E-state index in [0.29, 0.717) is 6.54 Å². The largest absolute Gasteiger partial charge is 0.497 e. The lowest BCUT2D eigenvalue weighted by Gasteiger charge is -2.34. The van der Waals surface area contributed by atoms with Gasteiger partial charge in [0.2, 0.25) is 0 Å². The van der Waals surface area contributed by atoms with E-state index in [1.807, 2.05) is 30.3 Å². The number of ether oxygens (including phenoxy) is 1. The number of aromatic nitrogens is 1. The molecule has 0 saturated heterocycles. The minimum atomic E-state index is 0.0381. The Kier molecular flexibility index (Phi) is 5.41. The third kappa shape index (κ3) is 4.05. The molecule has 2 heterocycles. The number of nitrogens with zero attached hydrogens (tertiary/aromatic N) is 1. The van der Waals surface area contributed by atoms with E-state index < -0.39 is 0 Å². The van der Waals surface area contributed by atoms with Crippen LogP contribution in [0.3, 0.4) is 0 Å². The normalized spacial score (nSPS) is 18.2. The molecule has 1 amide bonds. The quantitative estimate of drug-likeness (QED) is 0.704. The highest BCUT2D eigenvalue weighted by Crippen LogP contribution is 2.25. The predicted octanol–water partition coefficient (Wildman–Crippen LogP) is 2.74. The van der Waals surface area contributed by atoms with E-state index in [1.165, 1.54) is 21.7 Å². The van der Waals surface area contributed by atoms with E-state index in [-0.39, 0.29) is 11.9 Å². The van der Waals surface area contributed by atoms with Crippen molar-refractivity contribution in [3.63, 3.8) is 0 Å². The highest BCUT2D eigenvalue weighted by molar-refractivity contribution is 5.91. The van der Waals surface area contributed by atoms with E-state index in [1.54, 1.807) is 7.11 Å². The van der Waals surface area contributed by atoms with Gasteiger partial charge in [0.15, 0.2) is 12.6 Å². The summed E-state index contributed by atoms with van der Waals surface area (Å²) in [6.45, 7) is 6.36. The zero-order valence-corrected chi connectivity index (χ0v) is 17.2. The molecule has 29 heavy (non-hydrogen) atoms. The summed E-state index contributed by atoms with van der Waals surface area (Å²) in [6, 6.07) is 18.6. The van der Waals surface area contributed by atoms with Gasteiger partial charge < -0.3 is 19.5 Å². The molecule has 2 aromatic carbocycles. The fourth-order valence-corrected chi connectivity index (χ4v) is 4.16. The monoisotopic (exact) mass is 390 g/mol. The van der Waals surface area contributed by atoms with Crippen molar-refractivity contribution in [1.82, 2.24) is 4.57 Å². The number of rotatable bonds is 5. The lowest BCUT2D eigenvalue weighted by Crippen LogP contribution is -3.14. The van der Waals surface area contributed by atoms with Crippen LogP contribution >= 0.6 is 0 Å². The molecule has 150 valence electrons. The second-order valence-corrected chi connectivity index (χ2v) is 7.77. The third-order valence-corrected chi connectivity index (χ3v) is 5.85. The number of hydrogen-bond acceptors (Lipinski definition) is 2. The van der Waals surface area contributed by atoms with Gasteiger partial charge in [-0.2, -0.15) is 0 Å². The van der Waals surface area contributed by atoms with Crippen LogP contribution in [0, 0.1) is 13.8 Å². The van der Waals surface area contributed by atoms with Gasteiger partial charge in [-0.3, -0.25) is 4.79 Å². The number of benzene rings is 2. The molecule has 0 saturated carbocycles. The fourth-order valence-electron chi connectivity index (χ4n) is 4.16. The van der Waals surface area contributed by atoms with Crippen molar-refractivity contribution in [3.05, 3.63) is 83.2 Å². The van der Waals surface area contributed by atoms with E-state index in [4.69, 9.17) is 4.74 Å². The number of nitrogens with one attached hydrogen (secondary N) is 2. The smallest absolute Gasteiger partial charge is 0.279 e. The van der Waals surface area contributed by atoms with Crippen molar-refractivity contribution in [2.75, 3.05) is 25.5 Å². The molecule has 2 atom stereocenters. The number of amides is 1. The molecule has 0 bridgehead atoms. The lowest BCUT2D eigenvalue weighted by atomic mass is 9.99. The number of methoxy groups -OCH3 is 1. The average molecular weight is 391 g/mol. The van der Waals surface area contributed by atoms with Crippen LogP contribution in [0.1, 0.15) is 28.4 Å². The number of fused-ring (bicyclic) bond motifs is 1. The summed E-state index contributed by atoms with van der Waals surface area (Å²) in [7, 11) is 1.68. The van der Waals surface area contributed by atoms with E-state index in [2.05, 4.69) is 54.2 Å². The number of quaternary nitrogens is 1. The van der Waals surface area contributed by atoms with Gasteiger partial charge in [0.05, 0.1) is 25.9 Å². The second kappa shape index (κ2) is 8.13. The summed E-state index contributed by atoms with van der Waals surface area (Å²) < 4.78 is 7.72. The number of hydrogen-bond donors (Lipinski definition) is 2. The molecule has 0 aliphatic carbocycles. The topological polar surface area (TPSA) is 47.7 Å². The maximum atomic E-state index is 12.9. The van der Waals surface area contributed by atoms with Crippen molar-refractivity contribution < 1.29 is 14.4 Å². The first-order valence-corrected chi connectivity index (χ1v) is 10.1. The van der Waals surface area contributed by atoms with Gasteiger partial charge in [-0.05, 0) is 61.4 Å². The Bertz CT molecular complexity index is 1020. The molecular weight excluding hydrogens is 362 g/mol. The highest BCUT2D eigenvalue weighted by Gasteiger charge is 2.34. The average Bonchev–Trinajstić information content (AvgIpc) is 3.19. The zero-order valence-electron chi connectivity index (χ0n) is 17.2. The van der Waals surface area contributed by atoms with Gasteiger partial charge >= 0.3 is 0 Å². The van der Waals surface area contributed by atoms with Crippen molar-refractivity contribution in [1.29, 1.82) is 0 Å². The van der Waals surface area contributed by atoms with Crippen molar-refractivity contribution in [2.24, 2.45) is 0 Å². The Morgan fingerprint density at radius 2 is 2.00 bits per heavy atom. The fraction of sp³-hybridized carbons (Fsp3) is 0.292. The van der Waals surface area contributed by atoms with E-state index in [0.717, 1.165) is 30.1 Å². The molecule has 1 aliphatic rings. The van der Waals surface area contributed by atoms with Gasteiger partial charge in [0.25, 0.3) is 5.91 Å². The first-order valence-electron chi connectivity index (χ1n) is 10.1. The molecular formula is C24H28N3O2+. The summed E-state index contributed by atoms with van der Waals surface area (Å²) in [4.78, 5) is 14.1. The van der Waals surface area contributed by atoms with E-state index >= 15 is 0 Å². The Hall–Kier alpha value is -3.05. The van der Waals surface area contributed by atoms with Crippen LogP contribution < -0.4 is 15.0 Å². The van der Waals surface area contributed by atoms with Gasteiger partial charge in [0.1, 0.15) is 5.75 Å². The first-order chi connectivity index (χ1) is 14.0. The summed E-state index contributed by atoms with van der Waals surface area (Å²) in [5.41, 5.74) is 5.66. The standard InChI is InChI=1S/C24H27N3O2/c1-17-9-10-20(14-18(17)2)25-23(28)16-27-13-12-26-11-5-8-22(26)24(27)19-6-4-7-21(15-19)29-3/h4-11,14-15,24H,12-13,16H2,1-3H3,(H,25,28)/p+1/t24-/m1/s1. The Morgan fingerprint density at radius 1 is 1.14 bits per heavy atom. The molecule has 1 unspecified atom stereocenters. The molecule has 1 aromatic heterocycles. The summed E-state index contributed by atoms with van der Waals surface area (Å²) >= 11 is 0. The van der Waals surface area contributed by atoms with E-state index in [9.17, 15) is 4.79 Å². The second-order valence-electron chi connectivity index (χ2n) is 7.77. The Balaban J connectivity index is 1.57. The molecule has 0 spiro atoms. The van der Waals surface area contributed by atoms with Gasteiger partial charge in [-0.25, -0.2) is 0 Å². The van der Waals surface area contributed by atoms with Crippen molar-refractivity contribution in [2.45, 2.75) is 26.4 Å². The number of carbonyl (C=O) groups excluding carboxylic acids is 1. The maximum absolute atomic E-state index is 12.9. The SMILES string of the molecule is COc1cccc([C@@H]2c3cccn3CC[NH+]2CC(=O)Nc2ccc(C)c(C)c2)c1. The Labute approximate surface area is 171 Å². The molecule has 0 fully saturated rings. The van der Waals surface area contributed by atoms with Crippen LogP contribution in [0.25, 0.3) is 0 Å². The molecule has 3 aromatic rings.